The average molecular weight is 489 g/mol. The predicted molar refractivity (Wildman–Crippen MR) is 133 cm³/mol. The Morgan fingerprint density at radius 3 is 2.24 bits per heavy atom. The first kappa shape index (κ1) is 27.2. The molecule has 0 aliphatic carbocycles. The lowest BCUT2D eigenvalue weighted by Crippen LogP contribution is -2.29. The molecule has 0 bridgehead atoms. The van der Waals surface area contributed by atoms with Crippen molar-refractivity contribution in [3.63, 3.8) is 0 Å². The van der Waals surface area contributed by atoms with Crippen molar-refractivity contribution in [3.05, 3.63) is 53.6 Å². The largest absolute Gasteiger partial charge is 0.497 e. The fourth-order valence-electron chi connectivity index (χ4n) is 3.25. The number of hydrogen-bond acceptors (Lipinski definition) is 9. The van der Waals surface area contributed by atoms with Crippen molar-refractivity contribution < 1.29 is 28.6 Å². The van der Waals surface area contributed by atoms with E-state index in [0.29, 0.717) is 17.6 Å². The highest BCUT2D eigenvalue weighted by Gasteiger charge is 2.29. The normalized spacial score (nSPS) is 12.6. The van der Waals surface area contributed by atoms with Crippen molar-refractivity contribution in [1.29, 1.82) is 0 Å². The first-order valence-electron chi connectivity index (χ1n) is 10.7. The van der Waals surface area contributed by atoms with Crippen LogP contribution in [-0.4, -0.2) is 77.7 Å². The monoisotopic (exact) mass is 488 g/mol. The van der Waals surface area contributed by atoms with Gasteiger partial charge in [-0.05, 0) is 50.0 Å². The summed E-state index contributed by atoms with van der Waals surface area (Å²) in [5.74, 6) is -0.348. The SMILES string of the molecule is COC(=O)c1ccc(N(C)CCN(C)C)c(S[C@@H](c2ccc(OC)cc2)[C@H](C=O)OC(C)=O)c1. The fourth-order valence-corrected chi connectivity index (χ4v) is 4.61. The lowest BCUT2D eigenvalue weighted by molar-refractivity contribution is -0.149. The number of carbonyl (C=O) groups is 3. The van der Waals surface area contributed by atoms with Crippen molar-refractivity contribution >= 4 is 35.7 Å². The second-order valence-corrected chi connectivity index (χ2v) is 9.10. The lowest BCUT2D eigenvalue weighted by atomic mass is 10.1. The average Bonchev–Trinajstić information content (AvgIpc) is 2.83. The van der Waals surface area contributed by atoms with Crippen LogP contribution in [0.1, 0.15) is 28.1 Å². The standard InChI is InChI=1S/C25H32N2O6S/c1-17(29)33-22(16-28)24(18-7-10-20(31-5)11-8-18)34-23-15-19(25(30)32-6)9-12-21(23)27(4)14-13-26(2)3/h7-12,15-16,22,24H,13-14H2,1-6H3/t22-,24-/m0/s1. The number of hydrogen-bond donors (Lipinski definition) is 0. The molecule has 9 heteroatoms. The van der Waals surface area contributed by atoms with Crippen molar-refractivity contribution in [1.82, 2.24) is 4.90 Å². The van der Waals surface area contributed by atoms with Crippen molar-refractivity contribution in [3.8, 4) is 5.75 Å². The summed E-state index contributed by atoms with van der Waals surface area (Å²) < 4.78 is 15.5. The minimum Gasteiger partial charge on any atom is -0.497 e. The van der Waals surface area contributed by atoms with E-state index in [1.165, 1.54) is 25.8 Å². The van der Waals surface area contributed by atoms with Gasteiger partial charge >= 0.3 is 11.9 Å². The summed E-state index contributed by atoms with van der Waals surface area (Å²) in [7, 11) is 8.86. The number of rotatable bonds is 12. The molecule has 0 radical (unpaired) electrons. The third-order valence-electron chi connectivity index (χ3n) is 5.11. The minimum atomic E-state index is -1.03. The van der Waals surface area contributed by atoms with Crippen LogP contribution in [0.15, 0.2) is 47.4 Å². The van der Waals surface area contributed by atoms with E-state index < -0.39 is 23.3 Å². The second-order valence-electron chi connectivity index (χ2n) is 7.92. The number of aldehydes is 1. The zero-order chi connectivity index (χ0) is 25.3. The molecule has 0 fully saturated rings. The Morgan fingerprint density at radius 2 is 1.71 bits per heavy atom. The van der Waals surface area contributed by atoms with Gasteiger partial charge in [0.05, 0.1) is 30.7 Å². The molecular formula is C25H32N2O6S. The Labute approximate surface area is 205 Å². The maximum Gasteiger partial charge on any atom is 0.337 e. The van der Waals surface area contributed by atoms with Crippen LogP contribution >= 0.6 is 11.8 Å². The zero-order valence-electron chi connectivity index (χ0n) is 20.4. The number of thioether (sulfide) groups is 1. The molecule has 0 spiro atoms. The number of nitrogens with zero attached hydrogens (tertiary/aromatic N) is 2. The lowest BCUT2D eigenvalue weighted by Gasteiger charge is -2.28. The summed E-state index contributed by atoms with van der Waals surface area (Å²) in [6.45, 7) is 2.84. The van der Waals surface area contributed by atoms with E-state index in [2.05, 4.69) is 9.80 Å². The van der Waals surface area contributed by atoms with Crippen LogP contribution in [0.4, 0.5) is 5.69 Å². The van der Waals surface area contributed by atoms with Crippen LogP contribution in [0.2, 0.25) is 0 Å². The first-order chi connectivity index (χ1) is 16.2. The molecule has 0 aliphatic rings. The van der Waals surface area contributed by atoms with Crippen LogP contribution in [0.25, 0.3) is 0 Å². The molecule has 0 saturated heterocycles. The van der Waals surface area contributed by atoms with Crippen LogP contribution in [-0.2, 0) is 19.1 Å². The van der Waals surface area contributed by atoms with Gasteiger partial charge in [-0.3, -0.25) is 9.59 Å². The Bertz CT molecular complexity index is 980. The molecule has 2 aromatic carbocycles. The Balaban J connectivity index is 2.55. The number of benzene rings is 2. The van der Waals surface area contributed by atoms with Crippen molar-refractivity contribution in [2.24, 2.45) is 0 Å². The highest BCUT2D eigenvalue weighted by Crippen LogP contribution is 2.43. The summed E-state index contributed by atoms with van der Waals surface area (Å²) >= 11 is 1.35. The van der Waals surface area contributed by atoms with Gasteiger partial charge in [-0.2, -0.15) is 0 Å². The van der Waals surface area contributed by atoms with Gasteiger partial charge in [0.15, 0.2) is 12.4 Å². The zero-order valence-corrected chi connectivity index (χ0v) is 21.3. The molecule has 8 nitrogen and oxygen atoms in total. The predicted octanol–water partition coefficient (Wildman–Crippen LogP) is 3.44. The molecule has 34 heavy (non-hydrogen) atoms. The van der Waals surface area contributed by atoms with Gasteiger partial charge in [-0.25, -0.2) is 4.79 Å². The van der Waals surface area contributed by atoms with Gasteiger partial charge in [0, 0.05) is 32.0 Å². The minimum absolute atomic E-state index is 0.387. The van der Waals surface area contributed by atoms with E-state index in [9.17, 15) is 14.4 Å². The van der Waals surface area contributed by atoms with Crippen molar-refractivity contribution in [2.75, 3.05) is 53.4 Å². The quantitative estimate of drug-likeness (QED) is 0.253. The molecule has 2 aromatic rings. The van der Waals surface area contributed by atoms with Gasteiger partial charge in [0.2, 0.25) is 0 Å². The van der Waals surface area contributed by atoms with E-state index in [4.69, 9.17) is 14.2 Å². The number of anilines is 1. The molecule has 2 rings (SSSR count). The van der Waals surface area contributed by atoms with E-state index in [1.807, 2.05) is 39.3 Å². The molecule has 0 amide bonds. The fraction of sp³-hybridized carbons (Fsp3) is 0.400. The van der Waals surface area contributed by atoms with E-state index in [1.54, 1.807) is 31.4 Å². The number of carbonyl (C=O) groups excluding carboxylic acids is 3. The van der Waals surface area contributed by atoms with Gasteiger partial charge in [0.1, 0.15) is 5.75 Å². The Morgan fingerprint density at radius 1 is 1.03 bits per heavy atom. The van der Waals surface area contributed by atoms with Crippen molar-refractivity contribution in [2.45, 2.75) is 23.2 Å². The maximum atomic E-state index is 12.2. The summed E-state index contributed by atoms with van der Waals surface area (Å²) in [4.78, 5) is 40.8. The maximum absolute atomic E-state index is 12.2. The number of likely N-dealkylation sites (N-methyl/N-ethyl adjacent to an activating group) is 2. The molecule has 0 heterocycles. The molecule has 0 unspecified atom stereocenters. The van der Waals surface area contributed by atoms with E-state index in [-0.39, 0.29) is 0 Å². The molecule has 0 aromatic heterocycles. The molecule has 0 N–H and O–H groups in total. The number of methoxy groups -OCH3 is 2. The first-order valence-corrected chi connectivity index (χ1v) is 11.6. The molecule has 0 aliphatic heterocycles. The van der Waals surface area contributed by atoms with Crippen LogP contribution in [0.3, 0.4) is 0 Å². The van der Waals surface area contributed by atoms with Crippen LogP contribution in [0.5, 0.6) is 5.75 Å². The smallest absolute Gasteiger partial charge is 0.337 e. The Kier molecular flexibility index (Phi) is 10.4. The van der Waals surface area contributed by atoms with Gasteiger partial charge in [-0.1, -0.05) is 12.1 Å². The topological polar surface area (TPSA) is 85.4 Å². The molecule has 184 valence electrons. The summed E-state index contributed by atoms with van der Waals surface area (Å²) in [5.41, 5.74) is 2.04. The van der Waals surface area contributed by atoms with Gasteiger partial charge in [-0.15, -0.1) is 11.8 Å². The van der Waals surface area contributed by atoms with Gasteiger partial charge < -0.3 is 24.0 Å². The van der Waals surface area contributed by atoms with Gasteiger partial charge in [0.25, 0.3) is 0 Å². The molecule has 0 saturated carbocycles. The summed E-state index contributed by atoms with van der Waals surface area (Å²) in [6, 6.07) is 12.5. The third-order valence-corrected chi connectivity index (χ3v) is 6.48. The highest BCUT2D eigenvalue weighted by atomic mass is 32.2. The summed E-state index contributed by atoms with van der Waals surface area (Å²) in [6.07, 6.45) is -0.402. The summed E-state index contributed by atoms with van der Waals surface area (Å²) in [5, 5.41) is -0.554. The highest BCUT2D eigenvalue weighted by molar-refractivity contribution is 7.99. The second kappa shape index (κ2) is 13.0. The number of ether oxygens (including phenoxy) is 3. The Hall–Kier alpha value is -3.04. The molecular weight excluding hydrogens is 456 g/mol. The van der Waals surface area contributed by atoms with Crippen LogP contribution in [0, 0.1) is 0 Å². The third kappa shape index (κ3) is 7.50. The van der Waals surface area contributed by atoms with E-state index >= 15 is 0 Å². The van der Waals surface area contributed by atoms with Crippen LogP contribution < -0.4 is 9.64 Å². The molecule has 2 atom stereocenters. The van der Waals surface area contributed by atoms with E-state index in [0.717, 1.165) is 29.2 Å². The number of esters is 2.